The Kier molecular flexibility index (Phi) is 4.03. The fourth-order valence-corrected chi connectivity index (χ4v) is 5.46. The van der Waals surface area contributed by atoms with E-state index in [1.807, 2.05) is 22.4 Å². The van der Waals surface area contributed by atoms with E-state index in [1.165, 1.54) is 11.5 Å². The van der Waals surface area contributed by atoms with E-state index in [0.717, 1.165) is 40.6 Å². The van der Waals surface area contributed by atoms with Crippen LogP contribution in [0.4, 0.5) is 5.00 Å². The van der Waals surface area contributed by atoms with Gasteiger partial charge in [0, 0.05) is 37.3 Å². The molecule has 4 aliphatic heterocycles. The number of aromatic nitrogens is 1. The van der Waals surface area contributed by atoms with Crippen molar-refractivity contribution in [2.75, 3.05) is 24.5 Å². The number of piperidine rings is 1. The Labute approximate surface area is 164 Å². The highest BCUT2D eigenvalue weighted by atomic mass is 32.1. The minimum Gasteiger partial charge on any atom is -0.403 e. The lowest BCUT2D eigenvalue weighted by Gasteiger charge is -2.39. The van der Waals surface area contributed by atoms with Crippen molar-refractivity contribution in [3.8, 4) is 10.6 Å². The first-order valence-corrected chi connectivity index (χ1v) is 10.4. The van der Waals surface area contributed by atoms with E-state index in [4.69, 9.17) is 9.47 Å². The van der Waals surface area contributed by atoms with Crippen molar-refractivity contribution in [2.24, 2.45) is 0 Å². The molecular formula is C18H17N3O4S2. The fourth-order valence-electron chi connectivity index (χ4n) is 3.89. The highest BCUT2D eigenvalue weighted by Crippen LogP contribution is 2.39. The van der Waals surface area contributed by atoms with Gasteiger partial charge in [-0.2, -0.15) is 4.37 Å². The second kappa shape index (κ2) is 6.43. The molecule has 0 unspecified atom stereocenters. The van der Waals surface area contributed by atoms with Crippen molar-refractivity contribution < 1.29 is 19.1 Å². The lowest BCUT2D eigenvalue weighted by Crippen LogP contribution is -2.58. The Morgan fingerprint density at radius 3 is 2.56 bits per heavy atom. The molecule has 6 heterocycles. The summed E-state index contributed by atoms with van der Waals surface area (Å²) in [4.78, 5) is 29.5. The summed E-state index contributed by atoms with van der Waals surface area (Å²) in [7, 11) is 0. The summed E-state index contributed by atoms with van der Waals surface area (Å²) in [5, 5.41) is 3.03. The summed E-state index contributed by atoms with van der Waals surface area (Å²) in [5.41, 5.74) is 0.940. The Bertz CT molecular complexity index is 880. The zero-order valence-electron chi connectivity index (χ0n) is 14.4. The molecule has 0 atom stereocenters. The van der Waals surface area contributed by atoms with Crippen molar-refractivity contribution in [3.05, 3.63) is 35.7 Å². The third-order valence-corrected chi connectivity index (χ3v) is 6.91. The Balaban J connectivity index is 1.51. The van der Waals surface area contributed by atoms with E-state index in [0.29, 0.717) is 19.1 Å². The van der Waals surface area contributed by atoms with Crippen LogP contribution in [0.25, 0.3) is 10.6 Å². The standard InChI is InChI=1S/C18H17N3O4S2/c22-16-3-4-17(23)25-18(24-16)11-21(12-5-7-20(18)8-6-12)15-10-13(19-27-15)14-2-1-9-26-14/h1-4,9-10,12H,5-8,11H2. The lowest BCUT2D eigenvalue weighted by molar-refractivity contribution is -0.274. The Morgan fingerprint density at radius 1 is 1.15 bits per heavy atom. The lowest BCUT2D eigenvalue weighted by atomic mass is 10.1. The van der Waals surface area contributed by atoms with Gasteiger partial charge in [-0.3, -0.25) is 0 Å². The van der Waals surface area contributed by atoms with Crippen molar-refractivity contribution in [1.82, 2.24) is 9.27 Å². The van der Waals surface area contributed by atoms with Crippen LogP contribution in [-0.2, 0) is 19.1 Å². The Hall–Kier alpha value is -2.23. The zero-order chi connectivity index (χ0) is 18.4. The second-order valence-electron chi connectivity index (χ2n) is 6.76. The van der Waals surface area contributed by atoms with Crippen LogP contribution in [0.1, 0.15) is 12.8 Å². The molecule has 27 heavy (non-hydrogen) atoms. The number of thiophene rings is 1. The van der Waals surface area contributed by atoms with Crippen LogP contribution in [0, 0.1) is 0 Å². The topological polar surface area (TPSA) is 72.0 Å². The van der Waals surface area contributed by atoms with Crippen molar-refractivity contribution in [1.29, 1.82) is 0 Å². The summed E-state index contributed by atoms with van der Waals surface area (Å²) < 4.78 is 15.9. The van der Waals surface area contributed by atoms with Gasteiger partial charge in [0.25, 0.3) is 0 Å². The van der Waals surface area contributed by atoms with Crippen LogP contribution in [0.15, 0.2) is 35.7 Å². The van der Waals surface area contributed by atoms with Gasteiger partial charge < -0.3 is 14.4 Å². The second-order valence-corrected chi connectivity index (χ2v) is 8.49. The molecule has 0 radical (unpaired) electrons. The first-order chi connectivity index (χ1) is 13.1. The van der Waals surface area contributed by atoms with Gasteiger partial charge in [-0.05, 0) is 35.8 Å². The summed E-state index contributed by atoms with van der Waals surface area (Å²) in [6.07, 6.45) is 4.08. The van der Waals surface area contributed by atoms with Gasteiger partial charge >= 0.3 is 17.8 Å². The molecule has 0 aliphatic carbocycles. The highest BCUT2D eigenvalue weighted by molar-refractivity contribution is 7.14. The summed E-state index contributed by atoms with van der Waals surface area (Å²) in [6.45, 7) is 1.69. The molecule has 3 saturated heterocycles. The molecule has 6 rings (SSSR count). The number of nitrogens with zero attached hydrogens (tertiary/aromatic N) is 3. The molecule has 0 amide bonds. The Morgan fingerprint density at radius 2 is 1.89 bits per heavy atom. The highest BCUT2D eigenvalue weighted by Gasteiger charge is 2.52. The number of esters is 2. The van der Waals surface area contributed by atoms with Crippen LogP contribution >= 0.6 is 22.9 Å². The van der Waals surface area contributed by atoms with E-state index in [1.54, 1.807) is 11.3 Å². The predicted molar refractivity (Wildman–Crippen MR) is 101 cm³/mol. The van der Waals surface area contributed by atoms with E-state index < -0.39 is 17.8 Å². The fraction of sp³-hybridized carbons (Fsp3) is 0.389. The van der Waals surface area contributed by atoms with Crippen LogP contribution < -0.4 is 4.90 Å². The molecule has 2 aromatic heterocycles. The zero-order valence-corrected chi connectivity index (χ0v) is 16.0. The summed E-state index contributed by atoms with van der Waals surface area (Å²) in [6, 6.07) is 6.42. The molecule has 2 aromatic rings. The number of hydrogen-bond acceptors (Lipinski definition) is 9. The molecule has 7 nitrogen and oxygen atoms in total. The molecule has 4 aliphatic rings. The minimum absolute atomic E-state index is 0.281. The molecule has 0 saturated carbocycles. The van der Waals surface area contributed by atoms with Crippen molar-refractivity contribution in [2.45, 2.75) is 24.8 Å². The first kappa shape index (κ1) is 16.9. The average molecular weight is 403 g/mol. The van der Waals surface area contributed by atoms with Gasteiger partial charge in [-0.15, -0.1) is 11.3 Å². The molecule has 1 spiro atoms. The number of hydrogen-bond donors (Lipinski definition) is 0. The maximum absolute atomic E-state index is 12.1. The number of rotatable bonds is 2. The molecule has 3 fully saturated rings. The normalized spacial score (nSPS) is 26.6. The number of carbonyl (C=O) groups excluding carboxylic acids is 2. The molecule has 0 aromatic carbocycles. The van der Waals surface area contributed by atoms with Crippen molar-refractivity contribution >= 4 is 39.8 Å². The molecule has 0 N–H and O–H groups in total. The van der Waals surface area contributed by atoms with Gasteiger partial charge in [0.05, 0.1) is 10.6 Å². The van der Waals surface area contributed by atoms with E-state index in [-0.39, 0.29) is 6.54 Å². The van der Waals surface area contributed by atoms with Gasteiger partial charge in [0.15, 0.2) is 0 Å². The summed E-state index contributed by atoms with van der Waals surface area (Å²) >= 11 is 3.07. The third-order valence-electron chi connectivity index (χ3n) is 5.19. The van der Waals surface area contributed by atoms with Gasteiger partial charge in [-0.1, -0.05) is 6.07 Å². The van der Waals surface area contributed by atoms with E-state index in [9.17, 15) is 9.59 Å². The van der Waals surface area contributed by atoms with Crippen LogP contribution in [0.5, 0.6) is 0 Å². The predicted octanol–water partition coefficient (Wildman–Crippen LogP) is 2.47. The van der Waals surface area contributed by atoms with Crippen LogP contribution in [-0.4, -0.2) is 52.8 Å². The van der Waals surface area contributed by atoms with Crippen molar-refractivity contribution in [3.63, 3.8) is 0 Å². The monoisotopic (exact) mass is 403 g/mol. The molecule has 140 valence electrons. The minimum atomic E-state index is -1.39. The summed E-state index contributed by atoms with van der Waals surface area (Å²) in [5.74, 6) is -2.51. The van der Waals surface area contributed by atoms with Crippen LogP contribution in [0.3, 0.4) is 0 Å². The average Bonchev–Trinajstić information content (AvgIpc) is 3.29. The quantitative estimate of drug-likeness (QED) is 0.713. The third kappa shape index (κ3) is 2.95. The maximum Gasteiger partial charge on any atom is 0.339 e. The molecular weight excluding hydrogens is 386 g/mol. The van der Waals surface area contributed by atoms with E-state index in [2.05, 4.69) is 15.3 Å². The SMILES string of the molecule is O=C1C=CC(=O)OC2(CN(c3cc(-c4cccs4)ns3)C3CCN2CC3)O1. The number of ether oxygens (including phenoxy) is 2. The van der Waals surface area contributed by atoms with Gasteiger partial charge in [0.2, 0.25) is 0 Å². The largest absolute Gasteiger partial charge is 0.403 e. The first-order valence-electron chi connectivity index (χ1n) is 8.79. The molecule has 9 heteroatoms. The smallest absolute Gasteiger partial charge is 0.339 e. The number of carbonyl (C=O) groups is 2. The van der Waals surface area contributed by atoms with Gasteiger partial charge in [0.1, 0.15) is 11.5 Å². The van der Waals surface area contributed by atoms with E-state index >= 15 is 0 Å². The van der Waals surface area contributed by atoms with Crippen LogP contribution in [0.2, 0.25) is 0 Å². The molecule has 2 bridgehead atoms. The maximum atomic E-state index is 12.1. The number of fused-ring (bicyclic) bond motifs is 3. The number of anilines is 1. The van der Waals surface area contributed by atoms with Gasteiger partial charge in [-0.25, -0.2) is 14.5 Å².